The molecule has 0 aliphatic heterocycles. The first-order valence-electron chi connectivity index (χ1n) is 9.99. The number of carbonyl (C=O) groups excluding carboxylic acids is 1. The zero-order valence-electron chi connectivity index (χ0n) is 16.6. The van der Waals surface area contributed by atoms with Gasteiger partial charge in [-0.25, -0.2) is 9.97 Å². The number of aromatic nitrogens is 3. The van der Waals surface area contributed by atoms with Crippen LogP contribution in [-0.2, 0) is 24.2 Å². The molecule has 0 atom stereocenters. The largest absolute Gasteiger partial charge is 0.494 e. The lowest BCUT2D eigenvalue weighted by atomic mass is 10.1. The van der Waals surface area contributed by atoms with Gasteiger partial charge in [0, 0.05) is 32.1 Å². The molecule has 3 aromatic rings. The fourth-order valence-electron chi connectivity index (χ4n) is 3.23. The lowest BCUT2D eigenvalue weighted by molar-refractivity contribution is -0.121. The molecule has 0 fully saturated rings. The van der Waals surface area contributed by atoms with Gasteiger partial charge in [0.25, 0.3) is 0 Å². The molecule has 0 aliphatic rings. The molecule has 6 heteroatoms. The van der Waals surface area contributed by atoms with Crippen LogP contribution in [0.5, 0.6) is 5.75 Å². The molecule has 1 amide bonds. The Morgan fingerprint density at radius 3 is 2.71 bits per heavy atom. The van der Waals surface area contributed by atoms with E-state index in [1.54, 1.807) is 6.20 Å². The lowest BCUT2D eigenvalue weighted by Crippen LogP contribution is -2.26. The van der Waals surface area contributed by atoms with Crippen molar-refractivity contribution in [1.29, 1.82) is 0 Å². The van der Waals surface area contributed by atoms with Gasteiger partial charge in [-0.1, -0.05) is 19.1 Å². The summed E-state index contributed by atoms with van der Waals surface area (Å²) in [5, 5.41) is 3.00. The van der Waals surface area contributed by atoms with Gasteiger partial charge >= 0.3 is 0 Å². The van der Waals surface area contributed by atoms with E-state index < -0.39 is 0 Å². The fraction of sp³-hybridized carbons (Fsp3) is 0.409. The number of amides is 1. The molecule has 1 aromatic carbocycles. The third-order valence-corrected chi connectivity index (χ3v) is 4.58. The Kier molecular flexibility index (Phi) is 7.00. The van der Waals surface area contributed by atoms with Gasteiger partial charge in [0.15, 0.2) is 5.65 Å². The summed E-state index contributed by atoms with van der Waals surface area (Å²) < 4.78 is 7.57. The van der Waals surface area contributed by atoms with Crippen molar-refractivity contribution in [3.05, 3.63) is 54.0 Å². The lowest BCUT2D eigenvalue weighted by Gasteiger charge is -2.08. The van der Waals surface area contributed by atoms with Crippen LogP contribution in [0.25, 0.3) is 11.2 Å². The second-order valence-electron chi connectivity index (χ2n) is 6.70. The summed E-state index contributed by atoms with van der Waals surface area (Å²) in [7, 11) is 0. The summed E-state index contributed by atoms with van der Waals surface area (Å²) in [5.41, 5.74) is 2.97. The molecule has 1 N–H and O–H groups in total. The van der Waals surface area contributed by atoms with Crippen LogP contribution in [0.1, 0.15) is 38.1 Å². The van der Waals surface area contributed by atoms with Crippen molar-refractivity contribution < 1.29 is 9.53 Å². The van der Waals surface area contributed by atoms with Crippen molar-refractivity contribution in [2.45, 2.75) is 46.1 Å². The number of nitrogens with one attached hydrogen (secondary N) is 1. The highest BCUT2D eigenvalue weighted by Gasteiger charge is 2.12. The minimum atomic E-state index is 0.0500. The molecule has 28 heavy (non-hydrogen) atoms. The number of carbonyl (C=O) groups is 1. The highest BCUT2D eigenvalue weighted by Crippen LogP contribution is 2.15. The van der Waals surface area contributed by atoms with E-state index in [0.717, 1.165) is 42.1 Å². The summed E-state index contributed by atoms with van der Waals surface area (Å²) in [6.07, 6.45) is 4.63. The molecule has 0 radical (unpaired) electrons. The molecule has 0 aliphatic carbocycles. The second kappa shape index (κ2) is 9.88. The molecule has 6 nitrogen and oxygen atoms in total. The third kappa shape index (κ3) is 5.09. The fourth-order valence-corrected chi connectivity index (χ4v) is 3.23. The highest BCUT2D eigenvalue weighted by molar-refractivity contribution is 5.76. The Labute approximate surface area is 166 Å². The first-order valence-corrected chi connectivity index (χ1v) is 9.99. The number of aryl methyl sites for hydroxylation is 2. The number of hydrogen-bond donors (Lipinski definition) is 1. The van der Waals surface area contributed by atoms with E-state index in [0.29, 0.717) is 26.0 Å². The molecular formula is C22H28N4O2. The first kappa shape index (κ1) is 19.9. The number of benzene rings is 1. The van der Waals surface area contributed by atoms with E-state index in [1.165, 1.54) is 5.56 Å². The maximum absolute atomic E-state index is 12.2. The Hall–Kier alpha value is -2.89. The van der Waals surface area contributed by atoms with Crippen molar-refractivity contribution >= 4 is 17.1 Å². The van der Waals surface area contributed by atoms with E-state index in [1.807, 2.05) is 43.3 Å². The van der Waals surface area contributed by atoms with Crippen LogP contribution >= 0.6 is 0 Å². The number of fused-ring (bicyclic) bond motifs is 1. The van der Waals surface area contributed by atoms with Crippen LogP contribution in [0, 0.1) is 0 Å². The Morgan fingerprint density at radius 1 is 1.14 bits per heavy atom. The van der Waals surface area contributed by atoms with Crippen molar-refractivity contribution in [2.24, 2.45) is 0 Å². The van der Waals surface area contributed by atoms with Gasteiger partial charge in [0.1, 0.15) is 17.1 Å². The smallest absolute Gasteiger partial charge is 0.220 e. The third-order valence-electron chi connectivity index (χ3n) is 4.58. The van der Waals surface area contributed by atoms with E-state index in [4.69, 9.17) is 4.74 Å². The van der Waals surface area contributed by atoms with Crippen LogP contribution < -0.4 is 10.1 Å². The summed E-state index contributed by atoms with van der Waals surface area (Å²) >= 11 is 0. The number of rotatable bonds is 10. The van der Waals surface area contributed by atoms with Crippen LogP contribution in [0.4, 0.5) is 0 Å². The first-order chi connectivity index (χ1) is 13.7. The number of ether oxygens (including phenoxy) is 1. The minimum absolute atomic E-state index is 0.0500. The monoisotopic (exact) mass is 380 g/mol. The maximum atomic E-state index is 12.2. The molecule has 0 bridgehead atoms. The summed E-state index contributed by atoms with van der Waals surface area (Å²) in [6, 6.07) is 11.9. The molecule has 3 rings (SSSR count). The molecule has 148 valence electrons. The van der Waals surface area contributed by atoms with Crippen molar-refractivity contribution in [3.8, 4) is 5.75 Å². The Bertz CT molecular complexity index is 903. The van der Waals surface area contributed by atoms with Crippen molar-refractivity contribution in [3.63, 3.8) is 0 Å². The molecular weight excluding hydrogens is 352 g/mol. The van der Waals surface area contributed by atoms with Crippen LogP contribution in [0.15, 0.2) is 42.6 Å². The van der Waals surface area contributed by atoms with Crippen molar-refractivity contribution in [1.82, 2.24) is 19.9 Å². The van der Waals surface area contributed by atoms with Gasteiger partial charge in [-0.15, -0.1) is 0 Å². The van der Waals surface area contributed by atoms with Crippen LogP contribution in [0.2, 0.25) is 0 Å². The summed E-state index contributed by atoms with van der Waals surface area (Å²) in [5.74, 6) is 1.85. The predicted molar refractivity (Wildman–Crippen MR) is 110 cm³/mol. The highest BCUT2D eigenvalue weighted by atomic mass is 16.5. The van der Waals surface area contributed by atoms with E-state index >= 15 is 0 Å². The number of nitrogens with zero attached hydrogens (tertiary/aromatic N) is 3. The Balaban J connectivity index is 1.49. The van der Waals surface area contributed by atoms with Gasteiger partial charge in [-0.3, -0.25) is 4.79 Å². The van der Waals surface area contributed by atoms with E-state index in [-0.39, 0.29) is 5.91 Å². The SMILES string of the molecule is CCCn1c(CCC(=O)NCCc2ccc(OCC)cc2)nc2cccnc21. The van der Waals surface area contributed by atoms with Crippen molar-refractivity contribution in [2.75, 3.05) is 13.2 Å². The zero-order chi connectivity index (χ0) is 19.8. The number of hydrogen-bond acceptors (Lipinski definition) is 4. The zero-order valence-corrected chi connectivity index (χ0v) is 16.6. The topological polar surface area (TPSA) is 69.0 Å². The Morgan fingerprint density at radius 2 is 1.96 bits per heavy atom. The second-order valence-corrected chi connectivity index (χ2v) is 6.70. The minimum Gasteiger partial charge on any atom is -0.494 e. The van der Waals surface area contributed by atoms with Crippen LogP contribution in [0.3, 0.4) is 0 Å². The maximum Gasteiger partial charge on any atom is 0.220 e. The average molecular weight is 380 g/mol. The average Bonchev–Trinajstić information content (AvgIpc) is 3.06. The standard InChI is InChI=1S/C22H28N4O2/c1-3-16-26-20(25-19-6-5-14-24-22(19)26)11-12-21(27)23-15-13-17-7-9-18(10-8-17)28-4-2/h5-10,14H,3-4,11-13,15-16H2,1-2H3,(H,23,27). The molecule has 0 saturated heterocycles. The van der Waals surface area contributed by atoms with Gasteiger partial charge < -0.3 is 14.6 Å². The van der Waals surface area contributed by atoms with Gasteiger partial charge in [-0.2, -0.15) is 0 Å². The normalized spacial score (nSPS) is 10.9. The molecule has 0 unspecified atom stereocenters. The molecule has 2 heterocycles. The summed E-state index contributed by atoms with van der Waals surface area (Å²) in [4.78, 5) is 21.3. The molecule has 0 saturated carbocycles. The molecule has 0 spiro atoms. The van der Waals surface area contributed by atoms with E-state index in [2.05, 4.69) is 26.8 Å². The van der Waals surface area contributed by atoms with E-state index in [9.17, 15) is 4.79 Å². The quantitative estimate of drug-likeness (QED) is 0.584. The number of imidazole rings is 1. The van der Waals surface area contributed by atoms with Gasteiger partial charge in [0.05, 0.1) is 6.61 Å². The summed E-state index contributed by atoms with van der Waals surface area (Å²) in [6.45, 7) is 6.25. The van der Waals surface area contributed by atoms with Gasteiger partial charge in [-0.05, 0) is 49.6 Å². The predicted octanol–water partition coefficient (Wildman–Crippen LogP) is 3.53. The molecule has 2 aromatic heterocycles. The van der Waals surface area contributed by atoms with Crippen LogP contribution in [-0.4, -0.2) is 33.6 Å². The number of pyridine rings is 1. The van der Waals surface area contributed by atoms with Gasteiger partial charge in [0.2, 0.25) is 5.91 Å².